The van der Waals surface area contributed by atoms with Crippen LogP contribution in [0.25, 0.3) is 105 Å². The Kier molecular flexibility index (Phi) is 7.31. The molecule has 12 aromatic rings. The van der Waals surface area contributed by atoms with Gasteiger partial charge < -0.3 is 4.57 Å². The fourth-order valence-corrected chi connectivity index (χ4v) is 9.23. The van der Waals surface area contributed by atoms with Crippen LogP contribution < -0.4 is 5.56 Å². The molecule has 0 aliphatic rings. The molecule has 0 saturated carbocycles. The minimum Gasteiger partial charge on any atom is -0.309 e. The van der Waals surface area contributed by atoms with E-state index in [9.17, 15) is 4.79 Å². The SMILES string of the molecule is O=c1c2ccccc2c2cc(-n3c4ccccc4c4cc(-c5ccc6c(c5)c5ccccc5n6-c5ccccc5)ccc43)nc(-c3ccccc3)c2n1-c1ccccc1. The van der Waals surface area contributed by atoms with Crippen LogP contribution in [0.15, 0.2) is 211 Å². The number of nitrogens with zero attached hydrogens (tertiary/aromatic N) is 4. The van der Waals surface area contributed by atoms with E-state index < -0.39 is 0 Å². The van der Waals surface area contributed by atoms with Gasteiger partial charge in [-0.2, -0.15) is 0 Å². The number of para-hydroxylation sites is 4. The molecule has 5 heteroatoms. The Morgan fingerprint density at radius 3 is 1.39 bits per heavy atom. The second-order valence-electron chi connectivity index (χ2n) is 15.1. The smallest absolute Gasteiger partial charge is 0.263 e. The summed E-state index contributed by atoms with van der Waals surface area (Å²) in [5.74, 6) is 0.786. The summed E-state index contributed by atoms with van der Waals surface area (Å²) in [6.45, 7) is 0. The van der Waals surface area contributed by atoms with Gasteiger partial charge in [0, 0.05) is 49.3 Å². The molecule has 59 heavy (non-hydrogen) atoms. The number of aromatic nitrogens is 4. The number of fused-ring (bicyclic) bond motifs is 9. The standard InChI is InChI=1S/C54H34N4O/c59-54-43-25-11-10-22-40(43)46-34-51(55-52(35-16-4-1-5-17-35)53(46)57(54)39-20-8-3-9-21-39)58-48-27-15-13-24-42(48)45-33-37(29-31-50(45)58)36-28-30-49-44(32-36)41-23-12-14-26-47(41)56(49)38-18-6-2-7-19-38/h1-34H. The molecule has 0 aliphatic carbocycles. The van der Waals surface area contributed by atoms with Crippen molar-refractivity contribution < 1.29 is 0 Å². The van der Waals surface area contributed by atoms with Gasteiger partial charge in [-0.15, -0.1) is 0 Å². The zero-order valence-electron chi connectivity index (χ0n) is 31.8. The van der Waals surface area contributed by atoms with Crippen LogP contribution in [0.4, 0.5) is 0 Å². The van der Waals surface area contributed by atoms with Crippen molar-refractivity contribution in [1.29, 1.82) is 0 Å². The summed E-state index contributed by atoms with van der Waals surface area (Å²) in [4.78, 5) is 20.0. The Morgan fingerprint density at radius 1 is 0.322 bits per heavy atom. The molecule has 0 atom stereocenters. The van der Waals surface area contributed by atoms with Crippen molar-refractivity contribution in [1.82, 2.24) is 18.7 Å². The summed E-state index contributed by atoms with van der Waals surface area (Å²) in [6.07, 6.45) is 0. The Balaban J connectivity index is 1.11. The van der Waals surface area contributed by atoms with Crippen molar-refractivity contribution in [3.05, 3.63) is 217 Å². The van der Waals surface area contributed by atoms with Gasteiger partial charge in [0.1, 0.15) is 5.82 Å². The molecule has 0 bridgehead atoms. The fraction of sp³-hybridized carbons (Fsp3) is 0. The van der Waals surface area contributed by atoms with E-state index in [2.05, 4.69) is 149 Å². The van der Waals surface area contributed by atoms with Gasteiger partial charge in [-0.05, 0) is 89.3 Å². The lowest BCUT2D eigenvalue weighted by atomic mass is 10.0. The molecule has 0 amide bonds. The first-order valence-corrected chi connectivity index (χ1v) is 19.9. The fourth-order valence-electron chi connectivity index (χ4n) is 9.23. The van der Waals surface area contributed by atoms with Crippen molar-refractivity contribution in [3.8, 4) is 39.6 Å². The van der Waals surface area contributed by atoms with Crippen LogP contribution in [0.2, 0.25) is 0 Å². The number of benzene rings is 8. The highest BCUT2D eigenvalue weighted by Gasteiger charge is 2.22. The van der Waals surface area contributed by atoms with Crippen molar-refractivity contribution in [2.24, 2.45) is 0 Å². The first kappa shape index (κ1) is 33.2. The van der Waals surface area contributed by atoms with Gasteiger partial charge in [0.25, 0.3) is 5.56 Å². The largest absolute Gasteiger partial charge is 0.309 e. The van der Waals surface area contributed by atoms with Gasteiger partial charge in [0.2, 0.25) is 0 Å². The molecule has 4 heterocycles. The summed E-state index contributed by atoms with van der Waals surface area (Å²) in [6, 6.07) is 71.7. The van der Waals surface area contributed by atoms with E-state index in [-0.39, 0.29) is 5.56 Å². The molecule has 0 spiro atoms. The Labute approximate surface area is 338 Å². The third-order valence-corrected chi connectivity index (χ3v) is 11.8. The highest BCUT2D eigenvalue weighted by atomic mass is 16.1. The van der Waals surface area contributed by atoms with Crippen molar-refractivity contribution in [2.45, 2.75) is 0 Å². The molecule has 0 N–H and O–H groups in total. The molecule has 8 aromatic carbocycles. The zero-order chi connectivity index (χ0) is 39.0. The minimum atomic E-state index is -0.0711. The van der Waals surface area contributed by atoms with Gasteiger partial charge in [-0.3, -0.25) is 13.9 Å². The summed E-state index contributed by atoms with van der Waals surface area (Å²) >= 11 is 0. The Hall–Kier alpha value is -8.02. The lowest BCUT2D eigenvalue weighted by Gasteiger charge is -2.18. The maximum atomic E-state index is 14.5. The van der Waals surface area contributed by atoms with Gasteiger partial charge in [-0.25, -0.2) is 4.98 Å². The first-order valence-electron chi connectivity index (χ1n) is 19.9. The van der Waals surface area contributed by atoms with Crippen molar-refractivity contribution in [2.75, 3.05) is 0 Å². The number of hydrogen-bond donors (Lipinski definition) is 0. The third-order valence-electron chi connectivity index (χ3n) is 11.8. The van der Waals surface area contributed by atoms with Crippen molar-refractivity contribution >= 4 is 65.3 Å². The molecule has 4 aromatic heterocycles. The quantitative estimate of drug-likeness (QED) is 0.164. The monoisotopic (exact) mass is 754 g/mol. The number of rotatable bonds is 5. The van der Waals surface area contributed by atoms with E-state index in [1.165, 1.54) is 21.8 Å². The average molecular weight is 755 g/mol. The van der Waals surface area contributed by atoms with Crippen LogP contribution in [-0.2, 0) is 0 Å². The highest BCUT2D eigenvalue weighted by Crippen LogP contribution is 2.40. The van der Waals surface area contributed by atoms with E-state index >= 15 is 0 Å². The van der Waals surface area contributed by atoms with Crippen LogP contribution in [0.5, 0.6) is 0 Å². The van der Waals surface area contributed by atoms with Gasteiger partial charge >= 0.3 is 0 Å². The third kappa shape index (κ3) is 5.05. The molecule has 276 valence electrons. The van der Waals surface area contributed by atoms with Gasteiger partial charge in [0.05, 0.1) is 33.3 Å². The predicted molar refractivity (Wildman–Crippen MR) is 244 cm³/mol. The van der Waals surface area contributed by atoms with Gasteiger partial charge in [-0.1, -0.05) is 133 Å². The van der Waals surface area contributed by atoms with Crippen LogP contribution in [0, 0.1) is 0 Å². The van der Waals surface area contributed by atoms with Crippen LogP contribution in [-0.4, -0.2) is 18.7 Å². The second-order valence-corrected chi connectivity index (χ2v) is 15.1. The molecular weight excluding hydrogens is 721 g/mol. The minimum absolute atomic E-state index is 0.0711. The van der Waals surface area contributed by atoms with E-state index in [1.807, 2.05) is 71.3 Å². The van der Waals surface area contributed by atoms with E-state index in [0.717, 1.165) is 77.7 Å². The average Bonchev–Trinajstić information content (AvgIpc) is 3.82. The topological polar surface area (TPSA) is 44.8 Å². The lowest BCUT2D eigenvalue weighted by Crippen LogP contribution is -2.20. The first-order chi connectivity index (χ1) is 29.2. The summed E-state index contributed by atoms with van der Waals surface area (Å²) in [7, 11) is 0. The van der Waals surface area contributed by atoms with E-state index in [4.69, 9.17) is 4.98 Å². The molecular formula is C54H34N4O. The summed E-state index contributed by atoms with van der Waals surface area (Å²) < 4.78 is 6.47. The molecule has 5 nitrogen and oxygen atoms in total. The zero-order valence-corrected chi connectivity index (χ0v) is 31.8. The molecule has 0 saturated heterocycles. The summed E-state index contributed by atoms with van der Waals surface area (Å²) in [5.41, 5.74) is 11.1. The normalized spacial score (nSPS) is 11.8. The second kappa shape index (κ2) is 13.0. The van der Waals surface area contributed by atoms with Crippen molar-refractivity contribution in [3.63, 3.8) is 0 Å². The maximum Gasteiger partial charge on any atom is 0.263 e. The van der Waals surface area contributed by atoms with E-state index in [1.54, 1.807) is 0 Å². The maximum absolute atomic E-state index is 14.5. The Morgan fingerprint density at radius 2 is 0.780 bits per heavy atom. The number of hydrogen-bond acceptors (Lipinski definition) is 2. The molecule has 12 rings (SSSR count). The van der Waals surface area contributed by atoms with Crippen LogP contribution in [0.3, 0.4) is 0 Å². The lowest BCUT2D eigenvalue weighted by molar-refractivity contribution is 1.04. The molecule has 0 aliphatic heterocycles. The highest BCUT2D eigenvalue weighted by molar-refractivity contribution is 6.14. The Bertz CT molecular complexity index is 3670. The number of pyridine rings is 2. The van der Waals surface area contributed by atoms with Gasteiger partial charge in [0.15, 0.2) is 0 Å². The summed E-state index contributed by atoms with van der Waals surface area (Å²) in [5, 5.41) is 7.26. The predicted octanol–water partition coefficient (Wildman–Crippen LogP) is 13.1. The van der Waals surface area contributed by atoms with E-state index in [0.29, 0.717) is 5.39 Å². The van der Waals surface area contributed by atoms with Crippen LogP contribution in [0.1, 0.15) is 0 Å². The molecule has 0 unspecified atom stereocenters. The molecule has 0 radical (unpaired) electrons. The van der Waals surface area contributed by atoms with Crippen LogP contribution >= 0.6 is 0 Å². The molecule has 0 fully saturated rings.